The molecule has 0 unspecified atom stereocenters. The zero-order valence-electron chi connectivity index (χ0n) is 10.8. The highest BCUT2D eigenvalue weighted by molar-refractivity contribution is 5.84. The van der Waals surface area contributed by atoms with Crippen molar-refractivity contribution in [2.75, 3.05) is 12.2 Å². The van der Waals surface area contributed by atoms with E-state index in [0.29, 0.717) is 17.0 Å². The number of imidazole rings is 1. The first-order chi connectivity index (χ1) is 10.4. The molecule has 0 fully saturated rings. The third-order valence-electron chi connectivity index (χ3n) is 3.00. The number of fused-ring (bicyclic) bond motifs is 2. The maximum absolute atomic E-state index is 5.31. The van der Waals surface area contributed by atoms with Gasteiger partial charge in [-0.25, -0.2) is 15.0 Å². The van der Waals surface area contributed by atoms with Gasteiger partial charge in [-0.15, -0.1) is 0 Å². The normalized spacial score (nSPS) is 13.1. The van der Waals surface area contributed by atoms with Gasteiger partial charge in [0, 0.05) is 0 Å². The molecular formula is C13H10N6O2. The van der Waals surface area contributed by atoms with Crippen molar-refractivity contribution < 1.29 is 9.47 Å². The van der Waals surface area contributed by atoms with Crippen LogP contribution in [-0.2, 0) is 0 Å². The molecule has 0 saturated heterocycles. The molecule has 0 bridgehead atoms. The van der Waals surface area contributed by atoms with Gasteiger partial charge in [-0.2, -0.15) is 5.10 Å². The average molecular weight is 282 g/mol. The van der Waals surface area contributed by atoms with E-state index in [1.54, 1.807) is 12.5 Å². The molecule has 0 saturated carbocycles. The molecule has 0 atom stereocenters. The third-order valence-corrected chi connectivity index (χ3v) is 3.00. The van der Waals surface area contributed by atoms with Crippen LogP contribution in [0.15, 0.2) is 36.0 Å². The van der Waals surface area contributed by atoms with Gasteiger partial charge in [-0.1, -0.05) is 0 Å². The minimum atomic E-state index is 0.257. The monoisotopic (exact) mass is 282 g/mol. The molecule has 0 aliphatic carbocycles. The van der Waals surface area contributed by atoms with E-state index >= 15 is 0 Å². The van der Waals surface area contributed by atoms with E-state index in [-0.39, 0.29) is 6.79 Å². The summed E-state index contributed by atoms with van der Waals surface area (Å²) in [4.78, 5) is 15.2. The fourth-order valence-electron chi connectivity index (χ4n) is 2.01. The predicted molar refractivity (Wildman–Crippen MR) is 75.5 cm³/mol. The fraction of sp³-hybridized carbons (Fsp3) is 0.0769. The van der Waals surface area contributed by atoms with Crippen LogP contribution in [0.1, 0.15) is 5.56 Å². The smallest absolute Gasteiger partial charge is 0.231 e. The number of nitrogens with zero attached hydrogens (tertiary/aromatic N) is 4. The summed E-state index contributed by atoms with van der Waals surface area (Å²) in [5.41, 5.74) is 5.05. The number of hydrogen-bond acceptors (Lipinski definition) is 7. The SMILES string of the molecule is C(=N\Nc1ncnc2nc[nH]c12)/c1ccc2c(c1)OCO2. The van der Waals surface area contributed by atoms with Gasteiger partial charge in [-0.3, -0.25) is 5.43 Å². The lowest BCUT2D eigenvalue weighted by Crippen LogP contribution is -1.95. The molecule has 21 heavy (non-hydrogen) atoms. The third kappa shape index (κ3) is 2.12. The van der Waals surface area contributed by atoms with Crippen LogP contribution < -0.4 is 14.9 Å². The zero-order valence-corrected chi connectivity index (χ0v) is 10.8. The lowest BCUT2D eigenvalue weighted by atomic mass is 10.2. The summed E-state index contributed by atoms with van der Waals surface area (Å²) < 4.78 is 10.6. The molecule has 0 spiro atoms. The first kappa shape index (κ1) is 11.6. The molecule has 2 N–H and O–H groups in total. The fourth-order valence-corrected chi connectivity index (χ4v) is 2.01. The summed E-state index contributed by atoms with van der Waals surface area (Å²) in [5.74, 6) is 2.03. The van der Waals surface area contributed by atoms with E-state index in [1.807, 2.05) is 18.2 Å². The van der Waals surface area contributed by atoms with E-state index in [4.69, 9.17) is 9.47 Å². The van der Waals surface area contributed by atoms with Crippen molar-refractivity contribution in [3.63, 3.8) is 0 Å². The van der Waals surface area contributed by atoms with Crippen LogP contribution in [0.3, 0.4) is 0 Å². The van der Waals surface area contributed by atoms with Crippen LogP contribution in [0.5, 0.6) is 11.5 Å². The number of H-pyrrole nitrogens is 1. The maximum Gasteiger partial charge on any atom is 0.231 e. The van der Waals surface area contributed by atoms with Gasteiger partial charge in [0.25, 0.3) is 0 Å². The number of anilines is 1. The molecule has 104 valence electrons. The Balaban J connectivity index is 1.55. The minimum Gasteiger partial charge on any atom is -0.454 e. The van der Waals surface area contributed by atoms with E-state index in [2.05, 4.69) is 30.5 Å². The first-order valence-corrected chi connectivity index (χ1v) is 6.23. The molecule has 2 aromatic heterocycles. The largest absolute Gasteiger partial charge is 0.454 e. The molecule has 1 aromatic carbocycles. The molecular weight excluding hydrogens is 272 g/mol. The van der Waals surface area contributed by atoms with Gasteiger partial charge in [0.15, 0.2) is 23.0 Å². The van der Waals surface area contributed by atoms with Crippen molar-refractivity contribution >= 4 is 23.2 Å². The minimum absolute atomic E-state index is 0.257. The van der Waals surface area contributed by atoms with Crippen LogP contribution in [0.25, 0.3) is 11.2 Å². The molecule has 3 heterocycles. The number of ether oxygens (including phenoxy) is 2. The van der Waals surface area contributed by atoms with Crippen molar-refractivity contribution in [1.29, 1.82) is 0 Å². The molecule has 0 radical (unpaired) electrons. The van der Waals surface area contributed by atoms with Crippen molar-refractivity contribution in [2.45, 2.75) is 0 Å². The number of rotatable bonds is 3. The highest BCUT2D eigenvalue weighted by Crippen LogP contribution is 2.31. The van der Waals surface area contributed by atoms with Crippen molar-refractivity contribution in [3.8, 4) is 11.5 Å². The van der Waals surface area contributed by atoms with E-state index in [1.165, 1.54) is 6.33 Å². The van der Waals surface area contributed by atoms with Gasteiger partial charge >= 0.3 is 0 Å². The van der Waals surface area contributed by atoms with Gasteiger partial charge in [0.1, 0.15) is 11.8 Å². The highest BCUT2D eigenvalue weighted by Gasteiger charge is 2.12. The first-order valence-electron chi connectivity index (χ1n) is 6.23. The summed E-state index contributed by atoms with van der Waals surface area (Å²) in [5, 5.41) is 4.16. The Kier molecular flexibility index (Phi) is 2.63. The topological polar surface area (TPSA) is 97.3 Å². The second-order valence-electron chi connectivity index (χ2n) is 4.31. The second-order valence-corrected chi connectivity index (χ2v) is 4.31. The Morgan fingerprint density at radius 2 is 2.14 bits per heavy atom. The summed E-state index contributed by atoms with van der Waals surface area (Å²) in [6.07, 6.45) is 4.67. The summed E-state index contributed by atoms with van der Waals surface area (Å²) in [6, 6.07) is 5.60. The molecule has 1 aliphatic heterocycles. The number of benzene rings is 1. The van der Waals surface area contributed by atoms with Crippen molar-refractivity contribution in [3.05, 3.63) is 36.4 Å². The number of aromatic nitrogens is 4. The molecule has 8 nitrogen and oxygen atoms in total. The van der Waals surface area contributed by atoms with E-state index in [9.17, 15) is 0 Å². The summed E-state index contributed by atoms with van der Waals surface area (Å²) in [7, 11) is 0. The van der Waals surface area contributed by atoms with Gasteiger partial charge in [0.05, 0.1) is 12.5 Å². The van der Waals surface area contributed by atoms with Gasteiger partial charge < -0.3 is 14.5 Å². The molecule has 4 rings (SSSR count). The van der Waals surface area contributed by atoms with Crippen LogP contribution >= 0.6 is 0 Å². The quantitative estimate of drug-likeness (QED) is 0.558. The van der Waals surface area contributed by atoms with Crippen molar-refractivity contribution in [2.24, 2.45) is 5.10 Å². The maximum atomic E-state index is 5.31. The van der Waals surface area contributed by atoms with Crippen LogP contribution in [0.4, 0.5) is 5.82 Å². The Morgan fingerprint density at radius 1 is 1.19 bits per heavy atom. The summed E-state index contributed by atoms with van der Waals surface area (Å²) in [6.45, 7) is 0.257. The molecule has 1 aliphatic rings. The van der Waals surface area contributed by atoms with E-state index < -0.39 is 0 Å². The number of aromatic amines is 1. The molecule has 3 aromatic rings. The lowest BCUT2D eigenvalue weighted by Gasteiger charge is -2.00. The second kappa shape index (κ2) is 4.75. The predicted octanol–water partition coefficient (Wildman–Crippen LogP) is 1.53. The van der Waals surface area contributed by atoms with Gasteiger partial charge in [0.2, 0.25) is 6.79 Å². The van der Waals surface area contributed by atoms with Crippen LogP contribution in [0.2, 0.25) is 0 Å². The van der Waals surface area contributed by atoms with Crippen LogP contribution in [0, 0.1) is 0 Å². The standard InChI is InChI=1S/C13H10N6O2/c1-2-9-10(21-7-20-9)3-8(1)4-18-19-13-11-12(15-5-14-11)16-6-17-13/h1-6H,7H2,(H2,14,15,16,17,19)/b18-4+. The van der Waals surface area contributed by atoms with Crippen molar-refractivity contribution in [1.82, 2.24) is 19.9 Å². The van der Waals surface area contributed by atoms with Crippen LogP contribution in [-0.4, -0.2) is 32.9 Å². The Hall–Kier alpha value is -3.16. The number of hydrazone groups is 1. The summed E-state index contributed by atoms with van der Waals surface area (Å²) >= 11 is 0. The Bertz CT molecular complexity index is 828. The Labute approximate surface area is 118 Å². The average Bonchev–Trinajstić information content (AvgIpc) is 3.15. The zero-order chi connectivity index (χ0) is 14.1. The molecule has 0 amide bonds. The number of nitrogens with one attached hydrogen (secondary N) is 2. The number of hydrogen-bond donors (Lipinski definition) is 2. The Morgan fingerprint density at radius 3 is 3.14 bits per heavy atom. The molecule has 8 heteroatoms. The van der Waals surface area contributed by atoms with E-state index in [0.717, 1.165) is 17.1 Å². The lowest BCUT2D eigenvalue weighted by molar-refractivity contribution is 0.174. The highest BCUT2D eigenvalue weighted by atomic mass is 16.7. The van der Waals surface area contributed by atoms with Gasteiger partial charge in [-0.05, 0) is 23.8 Å².